The maximum absolute atomic E-state index is 9.61. The molecule has 4 heterocycles. The van der Waals surface area contributed by atoms with Crippen molar-refractivity contribution in [2.45, 2.75) is 25.5 Å². The fourth-order valence-electron chi connectivity index (χ4n) is 3.42. The molecule has 1 aromatic carbocycles. The highest BCUT2D eigenvalue weighted by molar-refractivity contribution is 5.70. The average molecular weight is 389 g/mol. The van der Waals surface area contributed by atoms with Crippen LogP contribution in [0.25, 0.3) is 11.3 Å². The van der Waals surface area contributed by atoms with Crippen molar-refractivity contribution in [1.29, 1.82) is 5.26 Å². The van der Waals surface area contributed by atoms with Crippen LogP contribution in [0, 0.1) is 11.3 Å². The molecule has 9 heteroatoms. The smallest absolute Gasteiger partial charge is 0.301 e. The van der Waals surface area contributed by atoms with Gasteiger partial charge in [-0.15, -0.1) is 0 Å². The fraction of sp³-hybridized carbons (Fsp3) is 0.300. The van der Waals surface area contributed by atoms with Crippen molar-refractivity contribution >= 4 is 17.7 Å². The largest absolute Gasteiger partial charge is 0.424 e. The number of nitriles is 1. The topological polar surface area (TPSA) is 125 Å². The van der Waals surface area contributed by atoms with Gasteiger partial charge >= 0.3 is 6.01 Å². The summed E-state index contributed by atoms with van der Waals surface area (Å²) < 4.78 is 5.63. The van der Waals surface area contributed by atoms with Crippen LogP contribution >= 0.6 is 0 Å². The van der Waals surface area contributed by atoms with Gasteiger partial charge in [-0.2, -0.15) is 10.7 Å². The third-order valence-corrected chi connectivity index (χ3v) is 5.12. The summed E-state index contributed by atoms with van der Waals surface area (Å²) in [7, 11) is 0. The molecule has 146 valence electrons. The summed E-state index contributed by atoms with van der Waals surface area (Å²) >= 11 is 0. The Morgan fingerprint density at radius 2 is 2.07 bits per heavy atom. The van der Waals surface area contributed by atoms with Gasteiger partial charge in [-0.3, -0.25) is 10.2 Å². The maximum Gasteiger partial charge on any atom is 0.301 e. The van der Waals surface area contributed by atoms with Gasteiger partial charge in [0.1, 0.15) is 6.07 Å². The Morgan fingerprint density at radius 3 is 2.83 bits per heavy atom. The van der Waals surface area contributed by atoms with E-state index in [0.717, 1.165) is 37.2 Å². The molecular formula is C20H19N7O2. The van der Waals surface area contributed by atoms with E-state index in [0.29, 0.717) is 23.0 Å². The normalized spacial score (nSPS) is 20.5. The first-order valence-corrected chi connectivity index (χ1v) is 9.46. The predicted molar refractivity (Wildman–Crippen MR) is 105 cm³/mol. The minimum absolute atomic E-state index is 0.276. The lowest BCUT2D eigenvalue weighted by Gasteiger charge is -2.19. The second-order valence-corrected chi connectivity index (χ2v) is 7.20. The Morgan fingerprint density at radius 1 is 1.24 bits per heavy atom. The third kappa shape index (κ3) is 3.40. The van der Waals surface area contributed by atoms with Gasteiger partial charge in [0.2, 0.25) is 11.7 Å². The molecule has 2 fully saturated rings. The van der Waals surface area contributed by atoms with Crippen LogP contribution in [0.4, 0.5) is 17.7 Å². The van der Waals surface area contributed by atoms with E-state index in [1.54, 1.807) is 18.5 Å². The van der Waals surface area contributed by atoms with Gasteiger partial charge in [0.15, 0.2) is 5.76 Å². The van der Waals surface area contributed by atoms with Crippen molar-refractivity contribution < 1.29 is 9.25 Å². The van der Waals surface area contributed by atoms with Gasteiger partial charge in [-0.1, -0.05) is 6.07 Å². The summed E-state index contributed by atoms with van der Waals surface area (Å²) in [6, 6.07) is 10.3. The number of aromatic nitrogens is 3. The number of nitrogens with zero attached hydrogens (tertiary/aromatic N) is 5. The summed E-state index contributed by atoms with van der Waals surface area (Å²) in [5, 5.41) is 12.6. The lowest BCUT2D eigenvalue weighted by molar-refractivity contribution is 0.278. The fourth-order valence-corrected chi connectivity index (χ4v) is 3.42. The van der Waals surface area contributed by atoms with E-state index >= 15 is 0 Å². The molecule has 0 saturated carbocycles. The monoisotopic (exact) mass is 389 g/mol. The van der Waals surface area contributed by atoms with Crippen LogP contribution in [-0.2, 0) is 10.6 Å². The molecule has 29 heavy (non-hydrogen) atoms. The molecule has 3 aromatic rings. The molecule has 0 radical (unpaired) electrons. The van der Waals surface area contributed by atoms with Gasteiger partial charge < -0.3 is 9.32 Å². The summed E-state index contributed by atoms with van der Waals surface area (Å²) in [5.41, 5.74) is 5.32. The molecule has 0 spiro atoms. The highest BCUT2D eigenvalue weighted by Gasteiger charge is 2.45. The Hall–Kier alpha value is -3.48. The average Bonchev–Trinajstić information content (AvgIpc) is 3.16. The van der Waals surface area contributed by atoms with Crippen LogP contribution < -0.4 is 15.7 Å². The van der Waals surface area contributed by atoms with E-state index in [-0.39, 0.29) is 6.01 Å². The predicted octanol–water partition coefficient (Wildman–Crippen LogP) is 3.05. The second-order valence-electron chi connectivity index (χ2n) is 7.20. The van der Waals surface area contributed by atoms with Crippen LogP contribution in [0.2, 0.25) is 0 Å². The molecule has 2 N–H and O–H groups in total. The Kier molecular flexibility index (Phi) is 4.16. The minimum Gasteiger partial charge on any atom is -0.424 e. The van der Waals surface area contributed by atoms with Gasteiger partial charge in [0.25, 0.3) is 0 Å². The lowest BCUT2D eigenvalue weighted by Crippen LogP contribution is -2.18. The Bertz CT molecular complexity index is 1090. The lowest BCUT2D eigenvalue weighted by atomic mass is 10.1. The van der Waals surface area contributed by atoms with Crippen molar-refractivity contribution in [3.8, 4) is 17.3 Å². The van der Waals surface area contributed by atoms with Crippen molar-refractivity contribution in [2.24, 2.45) is 0 Å². The first-order chi connectivity index (χ1) is 14.1. The zero-order valence-electron chi connectivity index (χ0n) is 15.8. The SMILES string of the molecule is CC1(c2cnc(Nc3nccc(-c4ccc(N5CCCC5)c(C#N)c4)n3)o2)NO1. The molecule has 0 amide bonds. The van der Waals surface area contributed by atoms with E-state index in [9.17, 15) is 5.26 Å². The number of benzene rings is 1. The maximum atomic E-state index is 9.61. The number of nitrogens with one attached hydrogen (secondary N) is 2. The standard InChI is InChI=1S/C20H19N7O2/c1-20(26-29-20)17-12-23-19(28-17)25-18-22-7-6-15(24-18)13-4-5-16(14(10-13)11-21)27-8-2-3-9-27/h4-7,10,12,26H,2-3,8-9H2,1H3,(H,22,23,24,25). The Labute approximate surface area is 167 Å². The number of oxazole rings is 1. The number of hydroxylamine groups is 1. The van der Waals surface area contributed by atoms with Crippen LogP contribution in [0.15, 0.2) is 41.1 Å². The van der Waals surface area contributed by atoms with Crippen LogP contribution in [0.1, 0.15) is 31.1 Å². The third-order valence-electron chi connectivity index (χ3n) is 5.12. The van der Waals surface area contributed by atoms with Crippen molar-refractivity contribution in [3.63, 3.8) is 0 Å². The van der Waals surface area contributed by atoms with E-state index in [1.165, 1.54) is 0 Å². The molecule has 0 bridgehead atoms. The number of rotatable bonds is 5. The van der Waals surface area contributed by atoms with Gasteiger partial charge in [-0.25, -0.2) is 15.0 Å². The van der Waals surface area contributed by atoms with Crippen molar-refractivity contribution in [1.82, 2.24) is 20.4 Å². The number of anilines is 3. The molecule has 1 atom stereocenters. The van der Waals surface area contributed by atoms with Gasteiger partial charge in [0.05, 0.1) is 23.1 Å². The highest BCUT2D eigenvalue weighted by Crippen LogP contribution is 2.33. The quantitative estimate of drug-likeness (QED) is 0.633. The van der Waals surface area contributed by atoms with Crippen LogP contribution in [0.5, 0.6) is 0 Å². The van der Waals surface area contributed by atoms with Gasteiger partial charge in [-0.05, 0) is 38.0 Å². The summed E-state index contributed by atoms with van der Waals surface area (Å²) in [5.74, 6) is 0.917. The summed E-state index contributed by atoms with van der Waals surface area (Å²) in [6.45, 7) is 3.83. The molecular weight excluding hydrogens is 370 g/mol. The zero-order chi connectivity index (χ0) is 19.8. The first-order valence-electron chi connectivity index (χ1n) is 9.46. The summed E-state index contributed by atoms with van der Waals surface area (Å²) in [4.78, 5) is 20.3. The van der Waals surface area contributed by atoms with E-state index in [4.69, 9.17) is 9.25 Å². The molecule has 1 unspecified atom stereocenters. The molecule has 2 aromatic heterocycles. The van der Waals surface area contributed by atoms with E-state index in [1.807, 2.05) is 25.1 Å². The number of hydrogen-bond donors (Lipinski definition) is 2. The van der Waals surface area contributed by atoms with E-state index in [2.05, 4.69) is 36.7 Å². The van der Waals surface area contributed by atoms with Crippen molar-refractivity contribution in [3.05, 3.63) is 48.0 Å². The zero-order valence-corrected chi connectivity index (χ0v) is 15.8. The highest BCUT2D eigenvalue weighted by atomic mass is 16.8. The number of hydrogen-bond acceptors (Lipinski definition) is 9. The van der Waals surface area contributed by atoms with Crippen LogP contribution in [-0.4, -0.2) is 28.0 Å². The molecule has 2 saturated heterocycles. The second kappa shape index (κ2) is 6.84. The summed E-state index contributed by atoms with van der Waals surface area (Å²) in [6.07, 6.45) is 5.57. The molecule has 2 aliphatic heterocycles. The van der Waals surface area contributed by atoms with Crippen LogP contribution in [0.3, 0.4) is 0 Å². The molecule has 2 aliphatic rings. The first kappa shape index (κ1) is 17.6. The Balaban J connectivity index is 1.39. The minimum atomic E-state index is -0.625. The van der Waals surface area contributed by atoms with Gasteiger partial charge in [0, 0.05) is 24.8 Å². The van der Waals surface area contributed by atoms with E-state index < -0.39 is 5.72 Å². The molecule has 0 aliphatic carbocycles. The molecule has 9 nitrogen and oxygen atoms in total. The molecule has 5 rings (SSSR count). The van der Waals surface area contributed by atoms with Crippen molar-refractivity contribution in [2.75, 3.05) is 23.3 Å².